The molecular weight excluding hydrogens is 557 g/mol. The van der Waals surface area contributed by atoms with E-state index in [1.54, 1.807) is 66.9 Å². The van der Waals surface area contributed by atoms with Crippen molar-refractivity contribution in [1.29, 1.82) is 0 Å². The van der Waals surface area contributed by atoms with Crippen molar-refractivity contribution in [3.8, 4) is 0 Å². The molecule has 1 fully saturated rings. The predicted octanol–water partition coefficient (Wildman–Crippen LogP) is 5.17. The molecule has 0 spiro atoms. The Morgan fingerprint density at radius 3 is 2.33 bits per heavy atom. The molecule has 5 rings (SSSR count). The first kappa shape index (κ1) is 24.4. The van der Waals surface area contributed by atoms with Crippen LogP contribution in [0.3, 0.4) is 0 Å². The summed E-state index contributed by atoms with van der Waals surface area (Å²) < 4.78 is 34.8. The zero-order chi connectivity index (χ0) is 25.2. The third-order valence-electron chi connectivity index (χ3n) is 5.70. The lowest BCUT2D eigenvalue weighted by molar-refractivity contribution is -0.0568. The van der Waals surface area contributed by atoms with E-state index in [1.807, 2.05) is 0 Å². The number of hydrogen-bond donors (Lipinski definition) is 0. The number of nitrogens with zero attached hydrogens (tertiary/aromatic N) is 3. The second-order valence-electron chi connectivity index (χ2n) is 7.96. The molecule has 1 aliphatic rings. The highest BCUT2D eigenvalue weighted by Gasteiger charge is 2.50. The van der Waals surface area contributed by atoms with E-state index in [2.05, 4.69) is 25.9 Å². The topological polar surface area (TPSA) is 92.5 Å². The third kappa shape index (κ3) is 4.71. The Bertz CT molecular complexity index is 1410. The van der Waals surface area contributed by atoms with Crippen LogP contribution in [0, 0.1) is 0 Å². The maximum atomic E-state index is 15.9. The molecule has 8 nitrogen and oxygen atoms in total. The van der Waals surface area contributed by atoms with Gasteiger partial charge in [0.1, 0.15) is 29.8 Å². The van der Waals surface area contributed by atoms with E-state index in [0.29, 0.717) is 21.1 Å². The molecule has 0 bridgehead atoms. The SMILES string of the molecule is O=C(OC[C@H]1O[C@@H](n2cc(Br)c3c(Cl)ncnc32)[C@@H](F)[C@@H]1OC(=O)c1ccccc1)c1ccccc1. The van der Waals surface area contributed by atoms with Crippen LogP contribution < -0.4 is 0 Å². The van der Waals surface area contributed by atoms with E-state index >= 15 is 4.39 Å². The summed E-state index contributed by atoms with van der Waals surface area (Å²) in [5.41, 5.74) is 0.903. The summed E-state index contributed by atoms with van der Waals surface area (Å²) in [6.07, 6.45) is -2.68. The van der Waals surface area contributed by atoms with Gasteiger partial charge in [0.05, 0.1) is 16.5 Å². The van der Waals surface area contributed by atoms with Gasteiger partial charge in [-0.2, -0.15) is 0 Å². The molecule has 0 amide bonds. The summed E-state index contributed by atoms with van der Waals surface area (Å²) in [5, 5.41) is 0.658. The molecule has 3 heterocycles. The second-order valence-corrected chi connectivity index (χ2v) is 9.17. The van der Waals surface area contributed by atoms with Gasteiger partial charge in [0, 0.05) is 10.7 Å². The number of esters is 2. The van der Waals surface area contributed by atoms with E-state index in [9.17, 15) is 9.59 Å². The molecular formula is C25H18BrClFN3O5. The van der Waals surface area contributed by atoms with Crippen LogP contribution in [0.2, 0.25) is 5.15 Å². The Kier molecular flexibility index (Phi) is 6.99. The van der Waals surface area contributed by atoms with Gasteiger partial charge < -0.3 is 18.8 Å². The van der Waals surface area contributed by atoms with Crippen molar-refractivity contribution in [2.75, 3.05) is 6.61 Å². The molecule has 0 radical (unpaired) electrons. The zero-order valence-corrected chi connectivity index (χ0v) is 20.8. The van der Waals surface area contributed by atoms with Crippen LogP contribution in [-0.4, -0.2) is 51.5 Å². The summed E-state index contributed by atoms with van der Waals surface area (Å²) in [7, 11) is 0. The van der Waals surface area contributed by atoms with Gasteiger partial charge in [0.15, 0.2) is 18.5 Å². The molecule has 0 saturated carbocycles. The lowest BCUT2D eigenvalue weighted by atomic mass is 10.1. The average molecular weight is 575 g/mol. The van der Waals surface area contributed by atoms with Crippen molar-refractivity contribution in [2.24, 2.45) is 0 Å². The van der Waals surface area contributed by atoms with Crippen LogP contribution in [0.5, 0.6) is 0 Å². The molecule has 4 aromatic rings. The first-order valence-electron chi connectivity index (χ1n) is 10.9. The smallest absolute Gasteiger partial charge is 0.338 e. The minimum atomic E-state index is -1.81. The van der Waals surface area contributed by atoms with E-state index in [0.717, 1.165) is 0 Å². The summed E-state index contributed by atoms with van der Waals surface area (Å²) in [5.74, 6) is -1.34. The highest BCUT2D eigenvalue weighted by Crippen LogP contribution is 2.39. The van der Waals surface area contributed by atoms with Gasteiger partial charge in [0.25, 0.3) is 0 Å². The normalized spacial score (nSPS) is 21.4. The standard InChI is InChI=1S/C25H18BrClFN3O5/c26-16-11-31(22-18(16)21(27)29-13-30-22)23-19(28)20(36-25(33)15-9-5-2-6-10-15)17(35-23)12-34-24(32)14-7-3-1-4-8-14/h1-11,13,17,19-20,23H,12H2/t17-,19+,20-,23-/m1/s1. The molecule has 2 aromatic heterocycles. The van der Waals surface area contributed by atoms with E-state index < -0.39 is 36.5 Å². The second kappa shape index (κ2) is 10.3. The van der Waals surface area contributed by atoms with Crippen LogP contribution in [-0.2, 0) is 14.2 Å². The zero-order valence-electron chi connectivity index (χ0n) is 18.5. The molecule has 36 heavy (non-hydrogen) atoms. The largest absolute Gasteiger partial charge is 0.459 e. The molecule has 1 saturated heterocycles. The minimum Gasteiger partial charge on any atom is -0.459 e. The highest BCUT2D eigenvalue weighted by molar-refractivity contribution is 9.10. The van der Waals surface area contributed by atoms with Gasteiger partial charge >= 0.3 is 11.9 Å². The summed E-state index contributed by atoms with van der Waals surface area (Å²) in [6.45, 7) is -0.340. The first-order valence-corrected chi connectivity index (χ1v) is 12.1. The number of carbonyl (C=O) groups is 2. The van der Waals surface area contributed by atoms with Gasteiger partial charge in [0.2, 0.25) is 0 Å². The number of aromatic nitrogens is 3. The van der Waals surface area contributed by atoms with Gasteiger partial charge in [-0.05, 0) is 40.2 Å². The van der Waals surface area contributed by atoms with Gasteiger partial charge in [-0.3, -0.25) is 0 Å². The highest BCUT2D eigenvalue weighted by atomic mass is 79.9. The Labute approximate surface area is 218 Å². The molecule has 2 aromatic carbocycles. The monoisotopic (exact) mass is 573 g/mol. The molecule has 0 unspecified atom stereocenters. The van der Waals surface area contributed by atoms with Crippen molar-refractivity contribution in [3.63, 3.8) is 0 Å². The van der Waals surface area contributed by atoms with Crippen LogP contribution in [0.15, 0.2) is 77.7 Å². The fraction of sp³-hybridized carbons (Fsp3) is 0.200. The number of rotatable bonds is 6. The van der Waals surface area contributed by atoms with Crippen LogP contribution in [0.25, 0.3) is 11.0 Å². The van der Waals surface area contributed by atoms with Crippen molar-refractivity contribution >= 4 is 50.5 Å². The van der Waals surface area contributed by atoms with E-state index in [4.69, 9.17) is 25.8 Å². The summed E-state index contributed by atoms with van der Waals surface area (Å²) in [4.78, 5) is 33.4. The predicted molar refractivity (Wildman–Crippen MR) is 131 cm³/mol. The van der Waals surface area contributed by atoms with E-state index in [-0.39, 0.29) is 17.3 Å². The van der Waals surface area contributed by atoms with Crippen LogP contribution >= 0.6 is 27.5 Å². The van der Waals surface area contributed by atoms with Crippen molar-refractivity contribution in [1.82, 2.24) is 14.5 Å². The van der Waals surface area contributed by atoms with Gasteiger partial charge in [-0.1, -0.05) is 48.0 Å². The number of benzene rings is 2. The molecule has 4 atom stereocenters. The summed E-state index contributed by atoms with van der Waals surface area (Å²) >= 11 is 9.59. The number of alkyl halides is 1. The molecule has 0 aliphatic carbocycles. The fourth-order valence-electron chi connectivity index (χ4n) is 3.97. The van der Waals surface area contributed by atoms with Gasteiger partial charge in [-0.15, -0.1) is 0 Å². The Morgan fingerprint density at radius 1 is 1.03 bits per heavy atom. The quantitative estimate of drug-likeness (QED) is 0.232. The van der Waals surface area contributed by atoms with Crippen LogP contribution in [0.1, 0.15) is 26.9 Å². The lowest BCUT2D eigenvalue weighted by Crippen LogP contribution is -2.37. The maximum Gasteiger partial charge on any atom is 0.338 e. The fourth-order valence-corrected chi connectivity index (χ4v) is 4.90. The molecule has 1 aliphatic heterocycles. The maximum absolute atomic E-state index is 15.9. The lowest BCUT2D eigenvalue weighted by Gasteiger charge is -2.19. The van der Waals surface area contributed by atoms with Crippen LogP contribution in [0.4, 0.5) is 4.39 Å². The summed E-state index contributed by atoms with van der Waals surface area (Å²) in [6, 6.07) is 16.6. The van der Waals surface area contributed by atoms with E-state index in [1.165, 1.54) is 10.9 Å². The Hall–Kier alpha value is -3.34. The Morgan fingerprint density at radius 2 is 1.67 bits per heavy atom. The first-order chi connectivity index (χ1) is 17.4. The molecule has 0 N–H and O–H groups in total. The van der Waals surface area contributed by atoms with Gasteiger partial charge in [-0.25, -0.2) is 23.9 Å². The molecule has 184 valence electrons. The average Bonchev–Trinajstić information content (AvgIpc) is 3.40. The van der Waals surface area contributed by atoms with Crippen molar-refractivity contribution in [3.05, 3.63) is 93.9 Å². The number of ether oxygens (including phenoxy) is 3. The number of halogens is 3. The number of hydrogen-bond acceptors (Lipinski definition) is 7. The Balaban J connectivity index is 1.43. The third-order valence-corrected chi connectivity index (χ3v) is 6.59. The van der Waals surface area contributed by atoms with Crippen molar-refractivity contribution < 1.29 is 28.2 Å². The number of fused-ring (bicyclic) bond motifs is 1. The minimum absolute atomic E-state index is 0.180. The molecule has 11 heteroatoms. The van der Waals surface area contributed by atoms with Crippen molar-refractivity contribution in [2.45, 2.75) is 24.6 Å². The number of carbonyl (C=O) groups excluding carboxylic acids is 2.